The summed E-state index contributed by atoms with van der Waals surface area (Å²) in [6, 6.07) is 9.09. The van der Waals surface area contributed by atoms with Crippen LogP contribution in [0.2, 0.25) is 0 Å². The van der Waals surface area contributed by atoms with Crippen LogP contribution in [-0.2, 0) is 6.54 Å². The summed E-state index contributed by atoms with van der Waals surface area (Å²) in [5, 5.41) is 7.89. The van der Waals surface area contributed by atoms with Crippen molar-refractivity contribution in [3.63, 3.8) is 0 Å². The number of hydrogen-bond donors (Lipinski definition) is 1. The Bertz CT molecular complexity index is 565. The Morgan fingerprint density at radius 2 is 2.40 bits per heavy atom. The lowest BCUT2D eigenvalue weighted by Gasteiger charge is -2.19. The van der Waals surface area contributed by atoms with Crippen LogP contribution in [0.1, 0.15) is 30.5 Å². The van der Waals surface area contributed by atoms with Crippen molar-refractivity contribution in [3.8, 4) is 5.75 Å². The highest BCUT2D eigenvalue weighted by molar-refractivity contribution is 5.42. The highest BCUT2D eigenvalue weighted by Gasteiger charge is 2.25. The number of nitrogens with one attached hydrogen (secondary N) is 1. The molecule has 0 bridgehead atoms. The molecule has 0 unspecified atom stereocenters. The van der Waals surface area contributed by atoms with E-state index >= 15 is 0 Å². The van der Waals surface area contributed by atoms with Crippen molar-refractivity contribution in [1.82, 2.24) is 15.1 Å². The predicted octanol–water partition coefficient (Wildman–Crippen LogP) is 2.69. The quantitative estimate of drug-likeness (QED) is 0.908. The Balaban J connectivity index is 1.58. The van der Waals surface area contributed by atoms with E-state index in [2.05, 4.69) is 42.5 Å². The summed E-state index contributed by atoms with van der Waals surface area (Å²) in [7, 11) is 0. The van der Waals surface area contributed by atoms with Gasteiger partial charge in [0.25, 0.3) is 0 Å². The molecular formula is C16H21N3O. The van der Waals surface area contributed by atoms with E-state index in [1.54, 1.807) is 0 Å². The smallest absolute Gasteiger partial charge is 0.124 e. The monoisotopic (exact) mass is 271 g/mol. The van der Waals surface area contributed by atoms with Gasteiger partial charge in [0.05, 0.1) is 6.04 Å². The van der Waals surface area contributed by atoms with E-state index in [0.29, 0.717) is 12.1 Å². The van der Waals surface area contributed by atoms with Crippen molar-refractivity contribution >= 4 is 0 Å². The summed E-state index contributed by atoms with van der Waals surface area (Å²) in [5.41, 5.74) is 2.57. The van der Waals surface area contributed by atoms with Gasteiger partial charge in [-0.25, -0.2) is 0 Å². The van der Waals surface area contributed by atoms with Gasteiger partial charge in [-0.1, -0.05) is 17.7 Å². The van der Waals surface area contributed by atoms with E-state index < -0.39 is 0 Å². The molecule has 0 spiro atoms. The Labute approximate surface area is 119 Å². The van der Waals surface area contributed by atoms with E-state index in [4.69, 9.17) is 4.74 Å². The number of aromatic nitrogens is 2. The van der Waals surface area contributed by atoms with Gasteiger partial charge in [-0.2, -0.15) is 5.10 Å². The number of hydrogen-bond acceptors (Lipinski definition) is 3. The standard InChI is InChI=1S/C16H21N3O/c1-12-4-5-16-14(10-12)15(11-20-16)18-13(2)6-9-19-8-3-7-17-19/h3-5,7-8,10,13,15,18H,6,9,11H2,1-2H3/t13-,15-/m0/s1. The van der Waals surface area contributed by atoms with Crippen LogP contribution >= 0.6 is 0 Å². The molecule has 2 atom stereocenters. The number of ether oxygens (including phenoxy) is 1. The zero-order chi connectivity index (χ0) is 13.9. The topological polar surface area (TPSA) is 39.1 Å². The molecule has 0 saturated carbocycles. The van der Waals surface area contributed by atoms with Gasteiger partial charge in [0.2, 0.25) is 0 Å². The molecule has 1 aliphatic heterocycles. The van der Waals surface area contributed by atoms with Crippen molar-refractivity contribution in [2.75, 3.05) is 6.61 Å². The molecule has 1 N–H and O–H groups in total. The Morgan fingerprint density at radius 3 is 3.20 bits per heavy atom. The third-order valence-corrected chi connectivity index (χ3v) is 3.78. The number of benzene rings is 1. The van der Waals surface area contributed by atoms with E-state index in [0.717, 1.165) is 25.3 Å². The molecule has 1 aromatic carbocycles. The van der Waals surface area contributed by atoms with Crippen LogP contribution < -0.4 is 10.1 Å². The molecule has 2 heterocycles. The molecule has 0 saturated heterocycles. The Kier molecular flexibility index (Phi) is 3.74. The average molecular weight is 271 g/mol. The number of aryl methyl sites for hydroxylation is 2. The highest BCUT2D eigenvalue weighted by atomic mass is 16.5. The van der Waals surface area contributed by atoms with E-state index in [9.17, 15) is 0 Å². The molecule has 0 radical (unpaired) electrons. The first kappa shape index (κ1) is 13.2. The van der Waals surface area contributed by atoms with Crippen LogP contribution in [0.5, 0.6) is 5.75 Å². The minimum Gasteiger partial charge on any atom is -0.491 e. The molecule has 4 heteroatoms. The lowest BCUT2D eigenvalue weighted by Crippen LogP contribution is -2.32. The van der Waals surface area contributed by atoms with E-state index in [1.165, 1.54) is 11.1 Å². The van der Waals surface area contributed by atoms with Gasteiger partial charge in [0, 0.05) is 30.5 Å². The van der Waals surface area contributed by atoms with Gasteiger partial charge in [0.1, 0.15) is 12.4 Å². The largest absolute Gasteiger partial charge is 0.491 e. The first-order chi connectivity index (χ1) is 9.72. The fourth-order valence-corrected chi connectivity index (χ4v) is 2.66. The molecule has 0 amide bonds. The molecule has 2 aromatic rings. The average Bonchev–Trinajstić information content (AvgIpc) is 3.07. The molecule has 106 valence electrons. The van der Waals surface area contributed by atoms with Crippen molar-refractivity contribution in [2.45, 2.75) is 38.9 Å². The van der Waals surface area contributed by atoms with Gasteiger partial charge in [-0.15, -0.1) is 0 Å². The lowest BCUT2D eigenvalue weighted by molar-refractivity contribution is 0.294. The number of fused-ring (bicyclic) bond motifs is 1. The van der Waals surface area contributed by atoms with Crippen LogP contribution in [0.25, 0.3) is 0 Å². The molecule has 1 aliphatic rings. The van der Waals surface area contributed by atoms with Gasteiger partial charge in [-0.3, -0.25) is 4.68 Å². The second kappa shape index (κ2) is 5.67. The summed E-state index contributed by atoms with van der Waals surface area (Å²) in [4.78, 5) is 0. The van der Waals surface area contributed by atoms with Gasteiger partial charge >= 0.3 is 0 Å². The minimum atomic E-state index is 0.303. The molecule has 4 nitrogen and oxygen atoms in total. The summed E-state index contributed by atoms with van der Waals surface area (Å²) < 4.78 is 7.71. The summed E-state index contributed by atoms with van der Waals surface area (Å²) in [5.74, 6) is 1.02. The van der Waals surface area contributed by atoms with Crippen molar-refractivity contribution in [1.29, 1.82) is 0 Å². The van der Waals surface area contributed by atoms with Gasteiger partial charge < -0.3 is 10.1 Å². The fraction of sp³-hybridized carbons (Fsp3) is 0.438. The third kappa shape index (κ3) is 2.85. The first-order valence-electron chi connectivity index (χ1n) is 7.19. The normalized spacial score (nSPS) is 18.6. The van der Waals surface area contributed by atoms with Crippen LogP contribution in [-0.4, -0.2) is 22.4 Å². The maximum absolute atomic E-state index is 5.74. The zero-order valence-electron chi connectivity index (χ0n) is 12.0. The van der Waals surface area contributed by atoms with Crippen LogP contribution in [0.3, 0.4) is 0 Å². The second-order valence-electron chi connectivity index (χ2n) is 5.53. The molecule has 1 aromatic heterocycles. The maximum atomic E-state index is 5.74. The molecule has 0 aliphatic carbocycles. The number of rotatable bonds is 5. The van der Waals surface area contributed by atoms with E-state index in [-0.39, 0.29) is 0 Å². The lowest BCUT2D eigenvalue weighted by atomic mass is 10.0. The second-order valence-corrected chi connectivity index (χ2v) is 5.53. The highest BCUT2D eigenvalue weighted by Crippen LogP contribution is 2.33. The minimum absolute atomic E-state index is 0.303. The Hall–Kier alpha value is -1.81. The predicted molar refractivity (Wildman–Crippen MR) is 78.9 cm³/mol. The van der Waals surface area contributed by atoms with Crippen LogP contribution in [0, 0.1) is 6.92 Å². The van der Waals surface area contributed by atoms with Crippen LogP contribution in [0.15, 0.2) is 36.7 Å². The zero-order valence-corrected chi connectivity index (χ0v) is 12.0. The van der Waals surface area contributed by atoms with E-state index in [1.807, 2.05) is 23.1 Å². The summed E-state index contributed by atoms with van der Waals surface area (Å²) >= 11 is 0. The third-order valence-electron chi connectivity index (χ3n) is 3.78. The Morgan fingerprint density at radius 1 is 1.50 bits per heavy atom. The molecule has 20 heavy (non-hydrogen) atoms. The van der Waals surface area contributed by atoms with Crippen molar-refractivity contribution in [2.24, 2.45) is 0 Å². The molecular weight excluding hydrogens is 250 g/mol. The van der Waals surface area contributed by atoms with Crippen molar-refractivity contribution < 1.29 is 4.74 Å². The first-order valence-corrected chi connectivity index (χ1v) is 7.19. The maximum Gasteiger partial charge on any atom is 0.124 e. The number of nitrogens with zero attached hydrogens (tertiary/aromatic N) is 2. The SMILES string of the molecule is Cc1ccc2c(c1)[C@@H](N[C@@H](C)CCn1cccn1)CO2. The van der Waals surface area contributed by atoms with Gasteiger partial charge in [-0.05, 0) is 32.4 Å². The van der Waals surface area contributed by atoms with Crippen LogP contribution in [0.4, 0.5) is 0 Å². The fourth-order valence-electron chi connectivity index (χ4n) is 2.66. The molecule has 3 rings (SSSR count). The summed E-state index contributed by atoms with van der Waals surface area (Å²) in [6.45, 7) is 6.01. The molecule has 0 fully saturated rings. The van der Waals surface area contributed by atoms with Gasteiger partial charge in [0.15, 0.2) is 0 Å². The summed E-state index contributed by atoms with van der Waals surface area (Å²) in [6.07, 6.45) is 4.88. The van der Waals surface area contributed by atoms with Crippen molar-refractivity contribution in [3.05, 3.63) is 47.8 Å².